The van der Waals surface area contributed by atoms with Crippen LogP contribution in [-0.2, 0) is 0 Å². The fourth-order valence-corrected chi connectivity index (χ4v) is 3.44. The standard InChI is InChI=1S/C15H30N2/c1-14(2)12-15-6-9-17(13-15)11-10-16-7-4-3-5-8-16/h14-15H,3-13H2,1-2H3. The Hall–Kier alpha value is -0.0800. The molecule has 17 heavy (non-hydrogen) atoms. The third-order valence-corrected chi connectivity index (χ3v) is 4.36. The molecule has 2 aliphatic heterocycles. The maximum atomic E-state index is 2.70. The quantitative estimate of drug-likeness (QED) is 0.727. The van der Waals surface area contributed by atoms with Crippen LogP contribution < -0.4 is 0 Å². The molecule has 0 spiro atoms. The summed E-state index contributed by atoms with van der Waals surface area (Å²) in [5.74, 6) is 1.86. The van der Waals surface area contributed by atoms with E-state index in [-0.39, 0.29) is 0 Å². The number of rotatable bonds is 5. The summed E-state index contributed by atoms with van der Waals surface area (Å²) in [7, 11) is 0. The van der Waals surface area contributed by atoms with Gasteiger partial charge in [-0.2, -0.15) is 0 Å². The van der Waals surface area contributed by atoms with Crippen LogP contribution >= 0.6 is 0 Å². The summed E-state index contributed by atoms with van der Waals surface area (Å²) in [6.45, 7) is 12.8. The minimum atomic E-state index is 0.877. The average Bonchev–Trinajstić information content (AvgIpc) is 2.75. The number of nitrogens with zero attached hydrogens (tertiary/aromatic N) is 2. The van der Waals surface area contributed by atoms with Gasteiger partial charge in [-0.05, 0) is 57.2 Å². The van der Waals surface area contributed by atoms with Crippen molar-refractivity contribution in [3.05, 3.63) is 0 Å². The van der Waals surface area contributed by atoms with Crippen molar-refractivity contribution in [3.8, 4) is 0 Å². The Balaban J connectivity index is 1.60. The zero-order valence-corrected chi connectivity index (χ0v) is 11.8. The lowest BCUT2D eigenvalue weighted by Gasteiger charge is -2.28. The maximum Gasteiger partial charge on any atom is 0.0109 e. The van der Waals surface area contributed by atoms with Crippen molar-refractivity contribution >= 4 is 0 Å². The van der Waals surface area contributed by atoms with Crippen molar-refractivity contribution in [1.82, 2.24) is 9.80 Å². The van der Waals surface area contributed by atoms with Crippen molar-refractivity contribution in [2.24, 2.45) is 11.8 Å². The molecule has 0 amide bonds. The Bertz CT molecular complexity index is 209. The molecule has 0 saturated carbocycles. The molecular formula is C15H30N2. The summed E-state index contributed by atoms with van der Waals surface area (Å²) in [5.41, 5.74) is 0. The van der Waals surface area contributed by atoms with Gasteiger partial charge in [-0.15, -0.1) is 0 Å². The minimum Gasteiger partial charge on any atom is -0.302 e. The Morgan fingerprint density at radius 1 is 0.941 bits per heavy atom. The lowest BCUT2D eigenvalue weighted by atomic mass is 9.97. The number of piperidine rings is 1. The molecule has 2 fully saturated rings. The van der Waals surface area contributed by atoms with Crippen LogP contribution in [0.3, 0.4) is 0 Å². The molecule has 2 aliphatic rings. The molecule has 0 aromatic rings. The fraction of sp³-hybridized carbons (Fsp3) is 1.00. The van der Waals surface area contributed by atoms with Crippen LogP contribution in [0.2, 0.25) is 0 Å². The molecule has 0 bridgehead atoms. The van der Waals surface area contributed by atoms with Gasteiger partial charge in [0.15, 0.2) is 0 Å². The van der Waals surface area contributed by atoms with E-state index in [2.05, 4.69) is 23.6 Å². The third kappa shape index (κ3) is 4.59. The summed E-state index contributed by atoms with van der Waals surface area (Å²) < 4.78 is 0. The minimum absolute atomic E-state index is 0.877. The molecule has 2 rings (SSSR count). The van der Waals surface area contributed by atoms with E-state index in [0.29, 0.717) is 0 Å². The number of hydrogen-bond donors (Lipinski definition) is 0. The first kappa shape index (κ1) is 13.4. The topological polar surface area (TPSA) is 6.48 Å². The first-order valence-corrected chi connectivity index (χ1v) is 7.69. The summed E-state index contributed by atoms with van der Waals surface area (Å²) in [6, 6.07) is 0. The van der Waals surface area contributed by atoms with E-state index in [1.165, 1.54) is 71.4 Å². The number of likely N-dealkylation sites (tertiary alicyclic amines) is 2. The molecular weight excluding hydrogens is 208 g/mol. The molecule has 1 atom stereocenters. The zero-order chi connectivity index (χ0) is 12.1. The molecule has 2 heteroatoms. The van der Waals surface area contributed by atoms with Crippen LogP contribution in [0.5, 0.6) is 0 Å². The first-order valence-electron chi connectivity index (χ1n) is 7.69. The molecule has 100 valence electrons. The largest absolute Gasteiger partial charge is 0.302 e. The van der Waals surface area contributed by atoms with Crippen LogP contribution in [-0.4, -0.2) is 49.1 Å². The summed E-state index contributed by atoms with van der Waals surface area (Å²) in [6.07, 6.45) is 7.18. The van der Waals surface area contributed by atoms with Crippen molar-refractivity contribution < 1.29 is 0 Å². The predicted octanol–water partition coefficient (Wildman–Crippen LogP) is 2.84. The van der Waals surface area contributed by atoms with E-state index in [1.807, 2.05) is 0 Å². The lowest BCUT2D eigenvalue weighted by Crippen LogP contribution is -2.37. The van der Waals surface area contributed by atoms with E-state index in [1.54, 1.807) is 0 Å². The maximum absolute atomic E-state index is 2.70. The Labute approximate surface area is 107 Å². The Morgan fingerprint density at radius 2 is 1.65 bits per heavy atom. The summed E-state index contributed by atoms with van der Waals surface area (Å²) in [4.78, 5) is 5.36. The second-order valence-corrected chi connectivity index (χ2v) is 6.49. The van der Waals surface area contributed by atoms with Gasteiger partial charge in [0.1, 0.15) is 0 Å². The molecule has 0 aliphatic carbocycles. The lowest BCUT2D eigenvalue weighted by molar-refractivity contribution is 0.193. The highest BCUT2D eigenvalue weighted by Gasteiger charge is 2.23. The van der Waals surface area contributed by atoms with Crippen molar-refractivity contribution in [1.29, 1.82) is 0 Å². The average molecular weight is 238 g/mol. The highest BCUT2D eigenvalue weighted by Crippen LogP contribution is 2.23. The summed E-state index contributed by atoms with van der Waals surface area (Å²) >= 11 is 0. The molecule has 1 unspecified atom stereocenters. The second kappa shape index (κ2) is 6.75. The zero-order valence-electron chi connectivity index (χ0n) is 11.8. The number of hydrogen-bond acceptors (Lipinski definition) is 2. The predicted molar refractivity (Wildman–Crippen MR) is 74.3 cm³/mol. The molecule has 0 N–H and O–H groups in total. The highest BCUT2D eigenvalue weighted by molar-refractivity contribution is 4.77. The van der Waals surface area contributed by atoms with Crippen LogP contribution in [0.1, 0.15) is 46.0 Å². The Kier molecular flexibility index (Phi) is 5.30. The second-order valence-electron chi connectivity index (χ2n) is 6.49. The van der Waals surface area contributed by atoms with Gasteiger partial charge in [0.2, 0.25) is 0 Å². The molecule has 2 saturated heterocycles. The molecule has 0 radical (unpaired) electrons. The van der Waals surface area contributed by atoms with E-state index < -0.39 is 0 Å². The van der Waals surface area contributed by atoms with Gasteiger partial charge in [0, 0.05) is 19.6 Å². The molecule has 2 heterocycles. The van der Waals surface area contributed by atoms with Gasteiger partial charge in [-0.25, -0.2) is 0 Å². The normalized spacial score (nSPS) is 28.1. The van der Waals surface area contributed by atoms with Crippen LogP contribution in [0.15, 0.2) is 0 Å². The first-order chi connectivity index (χ1) is 8.24. The monoisotopic (exact) mass is 238 g/mol. The fourth-order valence-electron chi connectivity index (χ4n) is 3.44. The van der Waals surface area contributed by atoms with Crippen molar-refractivity contribution in [2.45, 2.75) is 46.0 Å². The third-order valence-electron chi connectivity index (χ3n) is 4.36. The summed E-state index contributed by atoms with van der Waals surface area (Å²) in [5, 5.41) is 0. The van der Waals surface area contributed by atoms with Gasteiger partial charge < -0.3 is 9.80 Å². The Morgan fingerprint density at radius 3 is 2.35 bits per heavy atom. The van der Waals surface area contributed by atoms with E-state index >= 15 is 0 Å². The van der Waals surface area contributed by atoms with Gasteiger partial charge in [-0.1, -0.05) is 20.3 Å². The van der Waals surface area contributed by atoms with E-state index in [9.17, 15) is 0 Å². The smallest absolute Gasteiger partial charge is 0.0109 e. The SMILES string of the molecule is CC(C)CC1CCN(CCN2CCCCC2)C1. The molecule has 0 aromatic heterocycles. The van der Waals surface area contributed by atoms with Crippen LogP contribution in [0, 0.1) is 11.8 Å². The van der Waals surface area contributed by atoms with Gasteiger partial charge in [0.05, 0.1) is 0 Å². The molecule has 0 aromatic carbocycles. The van der Waals surface area contributed by atoms with Crippen LogP contribution in [0.4, 0.5) is 0 Å². The van der Waals surface area contributed by atoms with Crippen molar-refractivity contribution in [3.63, 3.8) is 0 Å². The highest BCUT2D eigenvalue weighted by atomic mass is 15.2. The van der Waals surface area contributed by atoms with E-state index in [0.717, 1.165) is 11.8 Å². The van der Waals surface area contributed by atoms with Crippen molar-refractivity contribution in [2.75, 3.05) is 39.3 Å². The molecule has 2 nitrogen and oxygen atoms in total. The van der Waals surface area contributed by atoms with Gasteiger partial charge >= 0.3 is 0 Å². The van der Waals surface area contributed by atoms with Gasteiger partial charge in [-0.3, -0.25) is 0 Å². The van der Waals surface area contributed by atoms with Crippen LogP contribution in [0.25, 0.3) is 0 Å². The van der Waals surface area contributed by atoms with E-state index in [4.69, 9.17) is 0 Å². The van der Waals surface area contributed by atoms with Gasteiger partial charge in [0.25, 0.3) is 0 Å².